The van der Waals surface area contributed by atoms with Crippen LogP contribution in [0.3, 0.4) is 0 Å². The van der Waals surface area contributed by atoms with E-state index in [9.17, 15) is 0 Å². The Kier molecular flexibility index (Phi) is 3.79. The molecule has 1 N–H and O–H groups in total. The van der Waals surface area contributed by atoms with E-state index < -0.39 is 0 Å². The third-order valence-corrected chi connectivity index (χ3v) is 2.75. The van der Waals surface area contributed by atoms with E-state index in [-0.39, 0.29) is 0 Å². The zero-order valence-electron chi connectivity index (χ0n) is 9.14. The van der Waals surface area contributed by atoms with Crippen LogP contribution >= 0.6 is 0 Å². The molecule has 76 valence electrons. The predicted octanol–water partition coefficient (Wildman–Crippen LogP) is 1.84. The average molecular weight is 182 g/mol. The van der Waals surface area contributed by atoms with E-state index >= 15 is 0 Å². The van der Waals surface area contributed by atoms with Crippen LogP contribution in [0.4, 0.5) is 0 Å². The van der Waals surface area contributed by atoms with E-state index in [4.69, 9.17) is 0 Å². The van der Waals surface area contributed by atoms with Crippen LogP contribution < -0.4 is 5.32 Å². The van der Waals surface area contributed by atoms with Crippen molar-refractivity contribution >= 4 is 0 Å². The molecular weight excluding hydrogens is 160 g/mol. The summed E-state index contributed by atoms with van der Waals surface area (Å²) >= 11 is 0. The van der Waals surface area contributed by atoms with Gasteiger partial charge in [0.15, 0.2) is 0 Å². The van der Waals surface area contributed by atoms with Crippen molar-refractivity contribution in [3.05, 3.63) is 12.3 Å². The summed E-state index contributed by atoms with van der Waals surface area (Å²) in [6, 6.07) is 0.672. The number of nitrogens with one attached hydrogen (secondary N) is 1. The van der Waals surface area contributed by atoms with Crippen molar-refractivity contribution in [1.29, 1.82) is 0 Å². The smallest absolute Gasteiger partial charge is 0.0411 e. The molecule has 0 bridgehead atoms. The topological polar surface area (TPSA) is 15.3 Å². The third kappa shape index (κ3) is 3.03. The molecule has 0 radical (unpaired) electrons. The van der Waals surface area contributed by atoms with Gasteiger partial charge >= 0.3 is 0 Å². The van der Waals surface area contributed by atoms with Gasteiger partial charge in [0.25, 0.3) is 0 Å². The molecule has 1 atom stereocenters. The van der Waals surface area contributed by atoms with Gasteiger partial charge in [-0.15, -0.1) is 0 Å². The van der Waals surface area contributed by atoms with Crippen LogP contribution in [0.1, 0.15) is 26.7 Å². The van der Waals surface area contributed by atoms with Gasteiger partial charge in [-0.25, -0.2) is 0 Å². The number of allylic oxidation sites excluding steroid dienone is 1. The van der Waals surface area contributed by atoms with Gasteiger partial charge in [-0.1, -0.05) is 20.4 Å². The van der Waals surface area contributed by atoms with Gasteiger partial charge in [-0.2, -0.15) is 0 Å². The first-order chi connectivity index (χ1) is 6.11. The molecule has 1 rings (SSSR count). The summed E-state index contributed by atoms with van der Waals surface area (Å²) in [6.07, 6.45) is 2.44. The maximum Gasteiger partial charge on any atom is 0.0411 e. The summed E-state index contributed by atoms with van der Waals surface area (Å²) in [6.45, 7) is 10.7. The van der Waals surface area contributed by atoms with Crippen LogP contribution in [0.25, 0.3) is 0 Å². The molecular formula is C11H22N2. The quantitative estimate of drug-likeness (QED) is 0.713. The number of likely N-dealkylation sites (tertiary alicyclic amines) is 1. The molecule has 0 aromatic heterocycles. The molecule has 0 saturated carbocycles. The Labute approximate surface area is 82.0 Å². The lowest BCUT2D eigenvalue weighted by atomic mass is 10.2. The first kappa shape index (κ1) is 10.6. The van der Waals surface area contributed by atoms with Crippen LogP contribution in [0, 0.1) is 5.92 Å². The fourth-order valence-electron chi connectivity index (χ4n) is 1.74. The van der Waals surface area contributed by atoms with Crippen molar-refractivity contribution in [1.82, 2.24) is 10.2 Å². The Hall–Kier alpha value is -0.500. The lowest BCUT2D eigenvalue weighted by Gasteiger charge is -2.23. The number of likely N-dealkylation sites (N-methyl/N-ethyl adjacent to an activating group) is 1. The van der Waals surface area contributed by atoms with Crippen molar-refractivity contribution in [2.24, 2.45) is 5.92 Å². The summed E-state index contributed by atoms with van der Waals surface area (Å²) in [5.74, 6) is 0.745. The second kappa shape index (κ2) is 4.66. The van der Waals surface area contributed by atoms with Crippen LogP contribution in [0.5, 0.6) is 0 Å². The second-order valence-electron chi connectivity index (χ2n) is 4.42. The Morgan fingerprint density at radius 1 is 1.62 bits per heavy atom. The molecule has 13 heavy (non-hydrogen) atoms. The van der Waals surface area contributed by atoms with Crippen molar-refractivity contribution < 1.29 is 0 Å². The molecule has 2 nitrogen and oxygen atoms in total. The lowest BCUT2D eigenvalue weighted by molar-refractivity contribution is 0.333. The van der Waals surface area contributed by atoms with Gasteiger partial charge < -0.3 is 10.2 Å². The monoisotopic (exact) mass is 182 g/mol. The molecule has 1 fully saturated rings. The Bertz CT molecular complexity index is 175. The predicted molar refractivity (Wildman–Crippen MR) is 57.6 cm³/mol. The minimum absolute atomic E-state index is 0.672. The minimum Gasteiger partial charge on any atom is -0.374 e. The van der Waals surface area contributed by atoms with E-state index in [1.165, 1.54) is 18.5 Å². The molecule has 0 aliphatic carbocycles. The van der Waals surface area contributed by atoms with Crippen LogP contribution in [0.2, 0.25) is 0 Å². The first-order valence-electron chi connectivity index (χ1n) is 5.22. The Balaban J connectivity index is 2.19. The normalized spacial score (nSPS) is 23.2. The van der Waals surface area contributed by atoms with E-state index in [2.05, 4.69) is 37.7 Å². The van der Waals surface area contributed by atoms with Crippen LogP contribution in [-0.2, 0) is 0 Å². The molecule has 1 saturated heterocycles. The summed E-state index contributed by atoms with van der Waals surface area (Å²) in [7, 11) is 2.15. The highest BCUT2D eigenvalue weighted by Crippen LogP contribution is 2.22. The number of hydrogen-bond acceptors (Lipinski definition) is 2. The molecule has 1 aliphatic heterocycles. The highest BCUT2D eigenvalue weighted by molar-refractivity contribution is 5.02. The third-order valence-electron chi connectivity index (χ3n) is 2.75. The van der Waals surface area contributed by atoms with E-state index in [1.807, 2.05) is 0 Å². The maximum atomic E-state index is 4.03. The van der Waals surface area contributed by atoms with Crippen molar-refractivity contribution in [2.75, 3.05) is 20.1 Å². The van der Waals surface area contributed by atoms with Crippen molar-refractivity contribution in [2.45, 2.75) is 32.7 Å². The van der Waals surface area contributed by atoms with Crippen LogP contribution in [-0.4, -0.2) is 31.1 Å². The largest absolute Gasteiger partial charge is 0.374 e. The number of rotatable bonds is 4. The standard InChI is InChI=1S/C11H22N2/c1-9(2)7-12-8-11-6-5-10(3)13(11)4/h9,11-12H,3,5-8H2,1-2,4H3/t11-/m1/s1. The minimum atomic E-state index is 0.672. The second-order valence-corrected chi connectivity index (χ2v) is 4.42. The molecule has 0 spiro atoms. The van der Waals surface area contributed by atoms with Gasteiger partial charge in [0.05, 0.1) is 0 Å². The SMILES string of the molecule is C=C1CC[C@H](CNCC(C)C)N1C. The molecule has 1 aliphatic rings. The average Bonchev–Trinajstić information content (AvgIpc) is 2.35. The fraction of sp³-hybridized carbons (Fsp3) is 0.818. The van der Waals surface area contributed by atoms with Gasteiger partial charge in [0, 0.05) is 25.3 Å². The van der Waals surface area contributed by atoms with Gasteiger partial charge in [0.2, 0.25) is 0 Å². The van der Waals surface area contributed by atoms with Gasteiger partial charge in [-0.3, -0.25) is 0 Å². The lowest BCUT2D eigenvalue weighted by Crippen LogP contribution is -2.36. The van der Waals surface area contributed by atoms with Crippen LogP contribution in [0.15, 0.2) is 12.3 Å². The van der Waals surface area contributed by atoms with E-state index in [0.29, 0.717) is 6.04 Å². The Morgan fingerprint density at radius 2 is 2.31 bits per heavy atom. The molecule has 0 aromatic rings. The molecule has 0 unspecified atom stereocenters. The van der Waals surface area contributed by atoms with E-state index in [1.54, 1.807) is 0 Å². The van der Waals surface area contributed by atoms with Gasteiger partial charge in [-0.05, 0) is 25.3 Å². The number of hydrogen-bond donors (Lipinski definition) is 1. The Morgan fingerprint density at radius 3 is 2.77 bits per heavy atom. The highest BCUT2D eigenvalue weighted by Gasteiger charge is 2.22. The molecule has 1 heterocycles. The first-order valence-corrected chi connectivity index (χ1v) is 5.22. The maximum absolute atomic E-state index is 4.03. The zero-order valence-corrected chi connectivity index (χ0v) is 9.14. The molecule has 0 amide bonds. The molecule has 0 aromatic carbocycles. The van der Waals surface area contributed by atoms with Crippen molar-refractivity contribution in [3.63, 3.8) is 0 Å². The summed E-state index contributed by atoms with van der Waals surface area (Å²) < 4.78 is 0. The fourth-order valence-corrected chi connectivity index (χ4v) is 1.74. The summed E-state index contributed by atoms with van der Waals surface area (Å²) in [5, 5.41) is 3.49. The van der Waals surface area contributed by atoms with Gasteiger partial charge in [0.1, 0.15) is 0 Å². The zero-order chi connectivity index (χ0) is 9.84. The highest BCUT2D eigenvalue weighted by atomic mass is 15.2. The molecule has 2 heteroatoms. The van der Waals surface area contributed by atoms with E-state index in [0.717, 1.165) is 19.0 Å². The van der Waals surface area contributed by atoms with Crippen molar-refractivity contribution in [3.8, 4) is 0 Å². The summed E-state index contributed by atoms with van der Waals surface area (Å²) in [4.78, 5) is 2.31. The number of nitrogens with zero attached hydrogens (tertiary/aromatic N) is 1. The summed E-state index contributed by atoms with van der Waals surface area (Å²) in [5.41, 5.74) is 1.29.